The summed E-state index contributed by atoms with van der Waals surface area (Å²) in [5.41, 5.74) is 5.71. The maximum absolute atomic E-state index is 12.3. The predicted octanol–water partition coefficient (Wildman–Crippen LogP) is 7.13. The van der Waals surface area contributed by atoms with E-state index in [9.17, 15) is 4.79 Å². The molecule has 0 atom stereocenters. The first-order valence-corrected chi connectivity index (χ1v) is 11.2. The molecule has 3 aromatic rings. The van der Waals surface area contributed by atoms with E-state index >= 15 is 0 Å². The summed E-state index contributed by atoms with van der Waals surface area (Å²) >= 11 is 9.47. The van der Waals surface area contributed by atoms with Crippen molar-refractivity contribution in [3.63, 3.8) is 0 Å². The van der Waals surface area contributed by atoms with E-state index in [-0.39, 0.29) is 5.41 Å². The Labute approximate surface area is 195 Å². The molecule has 0 fully saturated rings. The molecule has 160 valence electrons. The maximum Gasteiger partial charge on any atom is 0.437 e. The zero-order valence-corrected chi connectivity index (χ0v) is 19.9. The molecule has 1 aliphatic rings. The number of anilines is 1. The van der Waals surface area contributed by atoms with Crippen LogP contribution in [0.1, 0.15) is 37.2 Å². The van der Waals surface area contributed by atoms with E-state index in [1.54, 1.807) is 24.3 Å². The molecule has 1 aliphatic carbocycles. The molecule has 1 N–H and O–H groups in total. The van der Waals surface area contributed by atoms with Gasteiger partial charge in [0.15, 0.2) is 0 Å². The van der Waals surface area contributed by atoms with Crippen LogP contribution in [0.15, 0.2) is 64.2 Å². The lowest BCUT2D eigenvalue weighted by molar-refractivity contribution is 0.165. The average molecular weight is 501 g/mol. The van der Waals surface area contributed by atoms with Gasteiger partial charge < -0.3 is 4.57 Å². The van der Waals surface area contributed by atoms with Gasteiger partial charge in [-0.05, 0) is 73.7 Å². The Hall–Kier alpha value is -2.57. The number of nitrogens with zero attached hydrogens (tertiary/aromatic N) is 2. The number of halogens is 2. The van der Waals surface area contributed by atoms with Gasteiger partial charge in [-0.25, -0.2) is 4.79 Å². The van der Waals surface area contributed by atoms with Crippen LogP contribution in [0.2, 0.25) is 5.02 Å². The summed E-state index contributed by atoms with van der Waals surface area (Å²) in [4.78, 5) is 17.5. The first kappa shape index (κ1) is 21.7. The number of oxime groups is 1. The van der Waals surface area contributed by atoms with E-state index in [1.165, 1.54) is 5.69 Å². The van der Waals surface area contributed by atoms with Crippen LogP contribution >= 0.6 is 27.5 Å². The largest absolute Gasteiger partial charge is 0.437 e. The van der Waals surface area contributed by atoms with Crippen molar-refractivity contribution in [2.45, 2.75) is 33.6 Å². The normalized spacial score (nSPS) is 16.1. The van der Waals surface area contributed by atoms with Crippen LogP contribution in [0.3, 0.4) is 0 Å². The Morgan fingerprint density at radius 1 is 1.16 bits per heavy atom. The molecule has 0 spiro atoms. The van der Waals surface area contributed by atoms with Crippen molar-refractivity contribution >= 4 is 45.0 Å². The van der Waals surface area contributed by atoms with Gasteiger partial charge >= 0.3 is 6.09 Å². The van der Waals surface area contributed by atoms with Crippen molar-refractivity contribution < 1.29 is 9.63 Å². The molecule has 0 bridgehead atoms. The molecular formula is C24H23BrClN3O2. The van der Waals surface area contributed by atoms with Crippen LogP contribution in [-0.4, -0.2) is 16.4 Å². The topological polar surface area (TPSA) is 55.6 Å². The minimum atomic E-state index is -0.649. The van der Waals surface area contributed by atoms with Gasteiger partial charge in [0, 0.05) is 37.8 Å². The van der Waals surface area contributed by atoms with Gasteiger partial charge in [0.05, 0.1) is 5.71 Å². The van der Waals surface area contributed by atoms with Gasteiger partial charge in [0.2, 0.25) is 0 Å². The molecule has 0 saturated heterocycles. The van der Waals surface area contributed by atoms with Gasteiger partial charge in [-0.1, -0.05) is 52.6 Å². The summed E-state index contributed by atoms with van der Waals surface area (Å²) in [6.45, 7) is 6.48. The summed E-state index contributed by atoms with van der Waals surface area (Å²) in [5.74, 6) is 0. The number of hydrogen-bond donors (Lipinski definition) is 1. The van der Waals surface area contributed by atoms with Crippen LogP contribution < -0.4 is 5.32 Å². The zero-order chi connectivity index (χ0) is 22.2. The van der Waals surface area contributed by atoms with Crippen molar-refractivity contribution in [3.8, 4) is 5.69 Å². The van der Waals surface area contributed by atoms with Crippen molar-refractivity contribution in [2.24, 2.45) is 10.6 Å². The molecule has 31 heavy (non-hydrogen) atoms. The number of carbonyl (C=O) groups excluding carboxylic acids is 1. The highest BCUT2D eigenvalue weighted by atomic mass is 79.9. The standard InChI is InChI=1S/C24H23BrClN3O2/c1-15-11-20-21(28-31-23(30)27-18-6-4-5-17(26)12-18)13-24(2,3)14-22(20)29(15)19-9-7-16(25)8-10-19/h4-12H,13-14H2,1-3H3,(H,27,30)/b28-21+. The highest BCUT2D eigenvalue weighted by molar-refractivity contribution is 9.10. The number of aromatic nitrogens is 1. The number of benzene rings is 2. The van der Waals surface area contributed by atoms with Crippen molar-refractivity contribution in [3.05, 3.63) is 81.0 Å². The van der Waals surface area contributed by atoms with E-state index in [0.29, 0.717) is 17.1 Å². The minimum Gasteiger partial charge on any atom is -0.318 e. The monoisotopic (exact) mass is 499 g/mol. The number of fused-ring (bicyclic) bond motifs is 1. The van der Waals surface area contributed by atoms with Crippen LogP contribution in [0.5, 0.6) is 0 Å². The fourth-order valence-corrected chi connectivity index (χ4v) is 4.47. The number of hydrogen-bond acceptors (Lipinski definition) is 3. The smallest absolute Gasteiger partial charge is 0.318 e. The highest BCUT2D eigenvalue weighted by Gasteiger charge is 2.33. The molecule has 0 unspecified atom stereocenters. The van der Waals surface area contributed by atoms with Crippen molar-refractivity contribution in [2.75, 3.05) is 5.32 Å². The SMILES string of the molecule is Cc1cc2c(n1-c1ccc(Br)cc1)CC(C)(C)C/C2=N\OC(=O)Nc1cccc(Cl)c1. The van der Waals surface area contributed by atoms with E-state index in [4.69, 9.17) is 16.4 Å². The van der Waals surface area contributed by atoms with E-state index in [0.717, 1.165) is 33.5 Å². The fraction of sp³-hybridized carbons (Fsp3) is 0.250. The van der Waals surface area contributed by atoms with E-state index in [1.807, 2.05) is 12.1 Å². The maximum atomic E-state index is 12.3. The van der Waals surface area contributed by atoms with Gasteiger partial charge in [-0.3, -0.25) is 10.2 Å². The van der Waals surface area contributed by atoms with Gasteiger partial charge in [-0.2, -0.15) is 0 Å². The molecule has 5 nitrogen and oxygen atoms in total. The van der Waals surface area contributed by atoms with Crippen LogP contribution in [0.25, 0.3) is 5.69 Å². The Bertz CT molecular complexity index is 1170. The number of aryl methyl sites for hydroxylation is 1. The first-order chi connectivity index (χ1) is 14.7. The number of rotatable bonds is 3. The van der Waals surface area contributed by atoms with E-state index < -0.39 is 6.09 Å². The second-order valence-electron chi connectivity index (χ2n) is 8.53. The Kier molecular flexibility index (Phi) is 5.95. The number of nitrogens with one attached hydrogen (secondary N) is 1. The minimum absolute atomic E-state index is 0.0173. The third-order valence-corrected chi connectivity index (χ3v) is 6.05. The van der Waals surface area contributed by atoms with Crippen LogP contribution in [-0.2, 0) is 11.3 Å². The second-order valence-corrected chi connectivity index (χ2v) is 9.88. The number of amides is 1. The Morgan fingerprint density at radius 3 is 2.61 bits per heavy atom. The van der Waals surface area contributed by atoms with Gasteiger partial charge in [-0.15, -0.1) is 0 Å². The third-order valence-electron chi connectivity index (χ3n) is 5.28. The second kappa shape index (κ2) is 8.52. The molecular weight excluding hydrogens is 478 g/mol. The summed E-state index contributed by atoms with van der Waals surface area (Å²) in [7, 11) is 0. The van der Waals surface area contributed by atoms with Gasteiger partial charge in [0.1, 0.15) is 0 Å². The molecule has 1 heterocycles. The molecule has 0 saturated carbocycles. The predicted molar refractivity (Wildman–Crippen MR) is 128 cm³/mol. The third kappa shape index (κ3) is 4.86. The Morgan fingerprint density at radius 2 is 1.90 bits per heavy atom. The molecule has 0 radical (unpaired) electrons. The summed E-state index contributed by atoms with van der Waals surface area (Å²) < 4.78 is 3.29. The lowest BCUT2D eigenvalue weighted by Crippen LogP contribution is -2.29. The lowest BCUT2D eigenvalue weighted by Gasteiger charge is -2.31. The van der Waals surface area contributed by atoms with Crippen molar-refractivity contribution in [1.29, 1.82) is 0 Å². The highest BCUT2D eigenvalue weighted by Crippen LogP contribution is 2.38. The molecule has 7 heteroatoms. The molecule has 0 aliphatic heterocycles. The zero-order valence-electron chi connectivity index (χ0n) is 17.6. The first-order valence-electron chi connectivity index (χ1n) is 10.00. The van der Waals surface area contributed by atoms with Crippen molar-refractivity contribution in [1.82, 2.24) is 4.57 Å². The Balaban J connectivity index is 1.63. The molecule has 2 aromatic carbocycles. The van der Waals surface area contributed by atoms with Crippen LogP contribution in [0, 0.1) is 12.3 Å². The molecule has 1 amide bonds. The summed E-state index contributed by atoms with van der Waals surface area (Å²) in [5, 5.41) is 7.44. The molecule has 4 rings (SSSR count). The van der Waals surface area contributed by atoms with E-state index in [2.05, 4.69) is 69.9 Å². The van der Waals surface area contributed by atoms with Gasteiger partial charge in [0.25, 0.3) is 0 Å². The fourth-order valence-electron chi connectivity index (χ4n) is 4.01. The lowest BCUT2D eigenvalue weighted by atomic mass is 9.76. The van der Waals surface area contributed by atoms with Crippen LogP contribution in [0.4, 0.5) is 10.5 Å². The molecule has 1 aromatic heterocycles. The summed E-state index contributed by atoms with van der Waals surface area (Å²) in [6.07, 6.45) is 0.970. The quantitative estimate of drug-likeness (QED) is 0.307. The summed E-state index contributed by atoms with van der Waals surface area (Å²) in [6, 6.07) is 17.2. The number of carbonyl (C=O) groups is 1. The average Bonchev–Trinajstić information content (AvgIpc) is 3.01.